The number of amides is 1. The van der Waals surface area contributed by atoms with Gasteiger partial charge in [-0.15, -0.1) is 0 Å². The van der Waals surface area contributed by atoms with Crippen molar-refractivity contribution in [3.05, 3.63) is 183 Å². The Kier molecular flexibility index (Phi) is 21.8. The van der Waals surface area contributed by atoms with Crippen molar-refractivity contribution in [3.63, 3.8) is 0 Å². The quantitative estimate of drug-likeness (QED) is 0.0199. The Labute approximate surface area is 501 Å². The highest BCUT2D eigenvalue weighted by atomic mass is 28.3. The first-order valence-electron chi connectivity index (χ1n) is 29.4. The lowest BCUT2D eigenvalue weighted by atomic mass is 9.77. The number of benzene rings is 6. The Balaban J connectivity index is 0.0000101. The van der Waals surface area contributed by atoms with Crippen molar-refractivity contribution in [1.29, 1.82) is 0 Å². The number of nitrogens with one attached hydrogen (secondary N) is 1. The van der Waals surface area contributed by atoms with Crippen LogP contribution < -0.4 is 46.9 Å². The Morgan fingerprint density at radius 2 is 1.17 bits per heavy atom. The fraction of sp³-hybridized carbons (Fsp3) is 0.348. The Hall–Kier alpha value is -6.94. The zero-order valence-corrected chi connectivity index (χ0v) is 51.6. The molecule has 0 saturated heterocycles. The molecule has 0 radical (unpaired) electrons. The van der Waals surface area contributed by atoms with Crippen LogP contribution in [0.1, 0.15) is 99.7 Å². The van der Waals surface area contributed by atoms with Crippen molar-refractivity contribution in [3.8, 4) is 0 Å². The summed E-state index contributed by atoms with van der Waals surface area (Å²) in [5.74, 6) is -0.132. The van der Waals surface area contributed by atoms with E-state index < -0.39 is 22.3 Å². The third-order valence-electron chi connectivity index (χ3n) is 16.8. The van der Waals surface area contributed by atoms with Gasteiger partial charge in [0.15, 0.2) is 5.78 Å². The van der Waals surface area contributed by atoms with Gasteiger partial charge in [0.2, 0.25) is 11.6 Å². The number of allylic oxidation sites excluding steroid dienone is 2. The maximum Gasteiger partial charge on any atom is 0.488 e. The minimum absolute atomic E-state index is 0. The summed E-state index contributed by atoms with van der Waals surface area (Å²) in [6.07, 6.45) is 9.31. The van der Waals surface area contributed by atoms with Gasteiger partial charge >= 0.3 is 14.2 Å². The van der Waals surface area contributed by atoms with E-state index in [4.69, 9.17) is 0 Å². The van der Waals surface area contributed by atoms with Crippen molar-refractivity contribution in [2.24, 2.45) is 0 Å². The normalized spacial score (nSPS) is 13.0. The molecule has 0 spiro atoms. The summed E-state index contributed by atoms with van der Waals surface area (Å²) in [5, 5.41) is 53.0. The number of hydrogen-bond donors (Lipinski definition) is 5. The monoisotopic (exact) mass is 1150 g/mol. The van der Waals surface area contributed by atoms with Crippen LogP contribution >= 0.6 is 0 Å². The number of fused-ring (bicyclic) bond motifs is 4. The molecule has 0 bridgehead atoms. The minimum Gasteiger partial charge on any atom is -0.423 e. The molecule has 0 fully saturated rings. The van der Waals surface area contributed by atoms with Gasteiger partial charge in [0.25, 0.3) is 0 Å². The lowest BCUT2D eigenvalue weighted by Crippen LogP contribution is -2.58. The average Bonchev–Trinajstić information content (AvgIpc) is 1.32. The van der Waals surface area contributed by atoms with Crippen molar-refractivity contribution in [2.75, 3.05) is 70.7 Å². The highest BCUT2D eigenvalue weighted by Gasteiger charge is 2.38. The van der Waals surface area contributed by atoms with Gasteiger partial charge < -0.3 is 35.2 Å². The van der Waals surface area contributed by atoms with E-state index >= 15 is 0 Å². The van der Waals surface area contributed by atoms with Gasteiger partial charge in [-0.25, -0.2) is 4.58 Å². The van der Waals surface area contributed by atoms with E-state index in [2.05, 4.69) is 171 Å². The topological polar surface area (TPSA) is 143 Å². The first kappa shape index (κ1) is 64.6. The van der Waals surface area contributed by atoms with Crippen LogP contribution in [0.25, 0.3) is 28.5 Å². The number of rotatable bonds is 25. The van der Waals surface area contributed by atoms with Gasteiger partial charge in [-0.05, 0) is 183 Å². The number of ketones is 1. The molecule has 15 heteroatoms. The average molecular weight is 1150 g/mol. The molecule has 84 heavy (non-hydrogen) atoms. The number of unbranched alkanes of at least 4 members (excludes halogenated alkanes) is 1. The molecule has 0 unspecified atom stereocenters. The number of carbonyl (C=O) groups is 2. The van der Waals surface area contributed by atoms with E-state index in [1.54, 1.807) is 26.0 Å². The number of nitrogens with zero attached hydrogens (tertiary/aromatic N) is 5. The third kappa shape index (κ3) is 14.4. The van der Waals surface area contributed by atoms with Crippen LogP contribution in [0.2, 0.25) is 13.1 Å². The molecule has 2 aliphatic rings. The Morgan fingerprint density at radius 1 is 0.631 bits per heavy atom. The predicted molar refractivity (Wildman–Crippen MR) is 357 cm³/mol. The van der Waals surface area contributed by atoms with Gasteiger partial charge in [-0.2, -0.15) is 0 Å². The van der Waals surface area contributed by atoms with Gasteiger partial charge in [0, 0.05) is 103 Å². The summed E-state index contributed by atoms with van der Waals surface area (Å²) in [7, 11) is 2.80. The first-order valence-corrected chi connectivity index (χ1v) is 32.4. The third-order valence-corrected chi connectivity index (χ3v) is 20.3. The Bertz CT molecular complexity index is 3580. The zero-order chi connectivity index (χ0) is 59.9. The van der Waals surface area contributed by atoms with Crippen molar-refractivity contribution >= 4 is 101 Å². The smallest absolute Gasteiger partial charge is 0.423 e. The van der Waals surface area contributed by atoms with E-state index in [1.165, 1.54) is 27.1 Å². The fourth-order valence-electron chi connectivity index (χ4n) is 12.1. The van der Waals surface area contributed by atoms with Gasteiger partial charge in [0.05, 0.1) is 0 Å². The van der Waals surface area contributed by atoms with Crippen LogP contribution in [0.3, 0.4) is 0 Å². The molecule has 8 rings (SSSR count). The number of Topliss-reactive ketones (excluding diaryl/α,β-unsaturated/α-hetero) is 1. The molecule has 1 heterocycles. The van der Waals surface area contributed by atoms with E-state index in [0.29, 0.717) is 87.1 Å². The van der Waals surface area contributed by atoms with E-state index in [9.17, 15) is 29.7 Å². The molecular weight excluding hydrogens is 1060 g/mol. The molecule has 0 atom stereocenters. The Morgan fingerprint density at radius 3 is 1.68 bits per heavy atom. The molecule has 1 aliphatic heterocycles. The molecule has 6 aromatic carbocycles. The summed E-state index contributed by atoms with van der Waals surface area (Å²) in [5.41, 5.74) is 13.9. The van der Waals surface area contributed by atoms with E-state index in [-0.39, 0.29) is 19.1 Å². The predicted octanol–water partition coefficient (Wildman–Crippen LogP) is 6.05. The molecule has 0 saturated carbocycles. The van der Waals surface area contributed by atoms with Crippen LogP contribution in [0.5, 0.6) is 0 Å². The van der Waals surface area contributed by atoms with Crippen LogP contribution in [-0.4, -0.2) is 135 Å². The second kappa shape index (κ2) is 28.3. The fourth-order valence-corrected chi connectivity index (χ4v) is 15.1. The summed E-state index contributed by atoms with van der Waals surface area (Å²) in [6.45, 7) is 25.6. The van der Waals surface area contributed by atoms with Crippen LogP contribution in [0.4, 0.5) is 11.4 Å². The largest absolute Gasteiger partial charge is 0.488 e. The van der Waals surface area contributed by atoms with Crippen molar-refractivity contribution in [2.45, 2.75) is 100 Å². The highest BCUT2D eigenvalue weighted by Crippen LogP contribution is 2.34. The molecule has 1 aliphatic carbocycles. The van der Waals surface area contributed by atoms with Gasteiger partial charge in [-0.1, -0.05) is 106 Å². The van der Waals surface area contributed by atoms with E-state index in [0.717, 1.165) is 85.6 Å². The highest BCUT2D eigenvalue weighted by molar-refractivity contribution is 7.02. The molecule has 440 valence electrons. The second-order valence-electron chi connectivity index (χ2n) is 23.5. The maximum atomic E-state index is 12.9. The summed E-state index contributed by atoms with van der Waals surface area (Å²) >= 11 is 0. The van der Waals surface area contributed by atoms with Crippen LogP contribution in [0.15, 0.2) is 134 Å². The maximum absolute atomic E-state index is 12.9. The van der Waals surface area contributed by atoms with Crippen LogP contribution in [-0.2, 0) is 35.8 Å². The molecule has 1 amide bonds. The number of hydrogen-bond acceptors (Lipinski definition) is 10. The SMILES string of the molecule is C.C=C(C)C(=O)CCCCN(Cc1ccccc1B(O)O)Cc1c2c(c(CN(CCCNC(=O)C(=C)C)Cc3ccccc3B(O)O)c3ccc(=C4c5ccc(N(C)C)cc5[Si](C)(C)c5cc(N(C)C)ccc54)cc13)=CC(=[N+](CC)CC)C=C2. The second-order valence-corrected chi connectivity index (χ2v) is 27.8. The zero-order valence-electron chi connectivity index (χ0n) is 50.6. The molecule has 5 N–H and O–H groups in total. The molecule has 6 aromatic rings. The number of carbonyl (C=O) groups excluding carboxylic acids is 2. The van der Waals surface area contributed by atoms with Crippen molar-refractivity contribution < 1.29 is 34.3 Å². The van der Waals surface area contributed by atoms with E-state index in [1.807, 2.05) is 36.4 Å². The standard InChI is InChI=1S/C68H84B2N6O6Si.CH4/c1-13-76(14-2)53-30-32-55-59(39-53)61(45-75(37-21-35-71-68(78)47(5)6)43-50-23-16-18-25-63(50)70(81)82)54-31-27-48(67-56-33-28-51(72(7)8)40-65(56)83(11,12)66-41-52(73(9)10)29-34-57(66)67)38-58(54)60(55)44-74(36-20-19-26-64(77)46(3)4)42-49-22-15-17-24-62(49)69(79)80;/h15-18,22-25,27-34,38-41,79-82H,3,5,13-14,19-21,26,35-37,42-45H2,1-2,4,6-12H3;1H4/p+1. The van der Waals surface area contributed by atoms with Crippen LogP contribution in [0, 0.1) is 0 Å². The summed E-state index contributed by atoms with van der Waals surface area (Å²) in [6, 6.07) is 36.0. The number of anilines is 2. The summed E-state index contributed by atoms with van der Waals surface area (Å²) in [4.78, 5) is 34.8. The molecule has 0 aromatic heterocycles. The van der Waals surface area contributed by atoms with Gasteiger partial charge in [0.1, 0.15) is 21.2 Å². The lowest BCUT2D eigenvalue weighted by molar-refractivity contribution is -0.518. The molecular formula is C69H89B2N6O6Si+. The van der Waals surface area contributed by atoms with Gasteiger partial charge in [-0.3, -0.25) is 19.4 Å². The molecule has 12 nitrogen and oxygen atoms in total. The minimum atomic E-state index is -2.29. The lowest BCUT2D eigenvalue weighted by Gasteiger charge is -2.37. The van der Waals surface area contributed by atoms with Crippen molar-refractivity contribution in [1.82, 2.24) is 15.1 Å². The first-order chi connectivity index (χ1) is 39.6. The summed E-state index contributed by atoms with van der Waals surface area (Å²) < 4.78 is 2.37.